The van der Waals surface area contributed by atoms with Crippen LogP contribution in [0.4, 0.5) is 5.69 Å². The van der Waals surface area contributed by atoms with Gasteiger partial charge < -0.3 is 14.6 Å². The Morgan fingerprint density at radius 2 is 1.77 bits per heavy atom. The number of halogens is 2. The minimum atomic E-state index is -0.502. The molecule has 1 heterocycles. The van der Waals surface area contributed by atoms with Crippen LogP contribution in [-0.2, 0) is 4.79 Å². The lowest BCUT2D eigenvalue weighted by Gasteiger charge is -2.14. The Bertz CT molecular complexity index is 1240. The predicted molar refractivity (Wildman–Crippen MR) is 125 cm³/mol. The van der Waals surface area contributed by atoms with E-state index in [-0.39, 0.29) is 5.57 Å². The molecule has 3 rings (SSSR count). The first-order valence-electron chi connectivity index (χ1n) is 9.47. The number of carbonyl (C=O) groups excluding carboxylic acids is 1. The molecular formula is C24H21Cl2N3O2. The van der Waals surface area contributed by atoms with E-state index in [1.54, 1.807) is 43.5 Å². The molecule has 0 aliphatic carbocycles. The Kier molecular flexibility index (Phi) is 6.74. The summed E-state index contributed by atoms with van der Waals surface area (Å²) in [6, 6.07) is 14.5. The third-order valence-electron chi connectivity index (χ3n) is 4.96. The summed E-state index contributed by atoms with van der Waals surface area (Å²) in [4.78, 5) is 12.7. The molecule has 1 amide bonds. The summed E-state index contributed by atoms with van der Waals surface area (Å²) in [5.74, 6) is 0.161. The lowest BCUT2D eigenvalue weighted by atomic mass is 10.1. The molecule has 0 bridgehead atoms. The summed E-state index contributed by atoms with van der Waals surface area (Å²) in [6.07, 6.45) is 1.57. The number of hydrogen-bond donors (Lipinski definition) is 1. The molecule has 158 valence electrons. The van der Waals surface area contributed by atoms with Crippen molar-refractivity contribution in [1.82, 2.24) is 4.57 Å². The topological polar surface area (TPSA) is 67.0 Å². The van der Waals surface area contributed by atoms with E-state index in [1.807, 2.05) is 43.5 Å². The lowest BCUT2D eigenvalue weighted by Crippen LogP contribution is -2.14. The fourth-order valence-corrected chi connectivity index (χ4v) is 3.70. The molecule has 0 atom stereocenters. The second kappa shape index (κ2) is 9.30. The third kappa shape index (κ3) is 4.77. The Labute approximate surface area is 191 Å². The van der Waals surface area contributed by atoms with Crippen LogP contribution in [0.15, 0.2) is 48.0 Å². The number of hydrogen-bond acceptors (Lipinski definition) is 3. The van der Waals surface area contributed by atoms with Crippen LogP contribution in [0.5, 0.6) is 5.75 Å². The number of carbonyl (C=O) groups is 1. The highest BCUT2D eigenvalue weighted by Crippen LogP contribution is 2.31. The molecule has 3 aromatic rings. The number of nitrogens with one attached hydrogen (secondary N) is 1. The fraction of sp³-hybridized carbons (Fsp3) is 0.167. The number of rotatable bonds is 5. The number of aryl methyl sites for hydroxylation is 2. The van der Waals surface area contributed by atoms with Crippen molar-refractivity contribution < 1.29 is 9.53 Å². The molecule has 0 fully saturated rings. The Morgan fingerprint density at radius 3 is 2.45 bits per heavy atom. The van der Waals surface area contributed by atoms with E-state index in [0.717, 1.165) is 28.2 Å². The molecule has 1 aromatic heterocycles. The van der Waals surface area contributed by atoms with Crippen molar-refractivity contribution in [3.8, 4) is 17.5 Å². The summed E-state index contributed by atoms with van der Waals surface area (Å²) < 4.78 is 7.46. The Morgan fingerprint density at radius 1 is 1.10 bits per heavy atom. The van der Waals surface area contributed by atoms with Gasteiger partial charge in [-0.1, -0.05) is 29.3 Å². The highest BCUT2D eigenvalue weighted by Gasteiger charge is 2.17. The van der Waals surface area contributed by atoms with Gasteiger partial charge in [0.2, 0.25) is 0 Å². The highest BCUT2D eigenvalue weighted by molar-refractivity contribution is 6.31. The van der Waals surface area contributed by atoms with Crippen molar-refractivity contribution >= 4 is 40.9 Å². The van der Waals surface area contributed by atoms with Crippen LogP contribution in [0.3, 0.4) is 0 Å². The first-order chi connectivity index (χ1) is 14.7. The van der Waals surface area contributed by atoms with Crippen molar-refractivity contribution in [1.29, 1.82) is 5.26 Å². The molecule has 2 aromatic carbocycles. The summed E-state index contributed by atoms with van der Waals surface area (Å²) in [7, 11) is 1.59. The molecule has 5 nitrogen and oxygen atoms in total. The largest absolute Gasteiger partial charge is 0.495 e. The van der Waals surface area contributed by atoms with Crippen LogP contribution < -0.4 is 10.1 Å². The summed E-state index contributed by atoms with van der Waals surface area (Å²) >= 11 is 12.2. The van der Waals surface area contributed by atoms with Gasteiger partial charge >= 0.3 is 0 Å². The first kappa shape index (κ1) is 22.5. The van der Waals surface area contributed by atoms with Gasteiger partial charge in [0.1, 0.15) is 17.4 Å². The standard InChI is InChI=1S/C24H21Cl2N3O2/c1-14-5-6-19(25)11-21(14)28-24(30)18(13-27)10-17-9-15(2)29(16(17)3)22-12-20(26)7-8-23(22)31-4/h5-12H,1-4H3,(H,28,30)/b18-10-. The van der Waals surface area contributed by atoms with Crippen LogP contribution >= 0.6 is 23.2 Å². The quantitative estimate of drug-likeness (QED) is 0.365. The van der Waals surface area contributed by atoms with Crippen molar-refractivity contribution in [3.05, 3.63) is 80.6 Å². The maximum absolute atomic E-state index is 12.7. The van der Waals surface area contributed by atoms with E-state index in [4.69, 9.17) is 27.9 Å². The summed E-state index contributed by atoms with van der Waals surface area (Å²) in [5.41, 5.74) is 4.67. The minimum absolute atomic E-state index is 0.0160. The van der Waals surface area contributed by atoms with Gasteiger partial charge in [-0.05, 0) is 74.4 Å². The fourth-order valence-electron chi connectivity index (χ4n) is 3.36. The van der Waals surface area contributed by atoms with Crippen molar-refractivity contribution in [3.63, 3.8) is 0 Å². The third-order valence-corrected chi connectivity index (χ3v) is 5.44. The molecule has 0 aliphatic rings. The average Bonchev–Trinajstić information content (AvgIpc) is 3.01. The summed E-state index contributed by atoms with van der Waals surface area (Å²) in [6.45, 7) is 5.70. The van der Waals surface area contributed by atoms with Crippen molar-refractivity contribution in [2.75, 3.05) is 12.4 Å². The van der Waals surface area contributed by atoms with Crippen LogP contribution in [-0.4, -0.2) is 17.6 Å². The molecule has 0 aliphatic heterocycles. The lowest BCUT2D eigenvalue weighted by molar-refractivity contribution is -0.112. The monoisotopic (exact) mass is 453 g/mol. The molecular weight excluding hydrogens is 433 g/mol. The van der Waals surface area contributed by atoms with Gasteiger partial charge in [0.25, 0.3) is 5.91 Å². The number of nitriles is 1. The smallest absolute Gasteiger partial charge is 0.266 e. The van der Waals surface area contributed by atoms with Crippen molar-refractivity contribution in [2.24, 2.45) is 0 Å². The van der Waals surface area contributed by atoms with E-state index >= 15 is 0 Å². The van der Waals surface area contributed by atoms with E-state index in [1.165, 1.54) is 0 Å². The predicted octanol–water partition coefficient (Wildman–Crippen LogP) is 6.26. The second-order valence-corrected chi connectivity index (χ2v) is 7.93. The number of methoxy groups -OCH3 is 1. The number of anilines is 1. The van der Waals surface area contributed by atoms with E-state index in [2.05, 4.69) is 5.32 Å². The van der Waals surface area contributed by atoms with E-state index in [0.29, 0.717) is 21.5 Å². The van der Waals surface area contributed by atoms with Gasteiger partial charge in [0, 0.05) is 27.1 Å². The first-order valence-corrected chi connectivity index (χ1v) is 10.2. The molecule has 0 spiro atoms. The molecule has 0 saturated heterocycles. The average molecular weight is 454 g/mol. The van der Waals surface area contributed by atoms with Gasteiger partial charge in [-0.2, -0.15) is 5.26 Å². The number of nitrogens with zero attached hydrogens (tertiary/aromatic N) is 2. The second-order valence-electron chi connectivity index (χ2n) is 7.06. The van der Waals surface area contributed by atoms with E-state index < -0.39 is 5.91 Å². The number of amides is 1. The molecule has 31 heavy (non-hydrogen) atoms. The molecule has 0 unspecified atom stereocenters. The number of ether oxygens (including phenoxy) is 1. The van der Waals surface area contributed by atoms with Gasteiger partial charge in [-0.3, -0.25) is 4.79 Å². The molecule has 1 N–H and O–H groups in total. The summed E-state index contributed by atoms with van der Waals surface area (Å²) in [5, 5.41) is 13.5. The number of aromatic nitrogens is 1. The zero-order chi connectivity index (χ0) is 22.7. The normalized spacial score (nSPS) is 11.2. The Hall–Kier alpha value is -3.20. The van der Waals surface area contributed by atoms with Crippen LogP contribution in [0.2, 0.25) is 10.0 Å². The zero-order valence-electron chi connectivity index (χ0n) is 17.6. The maximum atomic E-state index is 12.7. The maximum Gasteiger partial charge on any atom is 0.266 e. The van der Waals surface area contributed by atoms with Crippen LogP contribution in [0.1, 0.15) is 22.5 Å². The van der Waals surface area contributed by atoms with Gasteiger partial charge in [0.15, 0.2) is 0 Å². The zero-order valence-corrected chi connectivity index (χ0v) is 19.1. The SMILES string of the molecule is COc1ccc(Cl)cc1-n1c(C)cc(/C=C(/C#N)C(=O)Nc2cc(Cl)ccc2C)c1C. The van der Waals surface area contributed by atoms with Crippen molar-refractivity contribution in [2.45, 2.75) is 20.8 Å². The van der Waals surface area contributed by atoms with Crippen LogP contribution in [0, 0.1) is 32.1 Å². The van der Waals surface area contributed by atoms with Gasteiger partial charge in [-0.15, -0.1) is 0 Å². The van der Waals surface area contributed by atoms with Gasteiger partial charge in [0.05, 0.1) is 12.8 Å². The van der Waals surface area contributed by atoms with Crippen LogP contribution in [0.25, 0.3) is 11.8 Å². The van der Waals surface area contributed by atoms with E-state index in [9.17, 15) is 10.1 Å². The molecule has 7 heteroatoms. The molecule has 0 saturated carbocycles. The minimum Gasteiger partial charge on any atom is -0.495 e. The Balaban J connectivity index is 2.00. The number of benzene rings is 2. The van der Waals surface area contributed by atoms with Gasteiger partial charge in [-0.25, -0.2) is 0 Å². The highest BCUT2D eigenvalue weighted by atomic mass is 35.5. The molecule has 0 radical (unpaired) electrons.